The van der Waals surface area contributed by atoms with E-state index in [0.717, 1.165) is 0 Å². The van der Waals surface area contributed by atoms with Gasteiger partial charge in [-0.25, -0.2) is 0 Å². The van der Waals surface area contributed by atoms with E-state index in [1.165, 1.54) is 64.2 Å². The molecule has 0 saturated carbocycles. The van der Waals surface area contributed by atoms with Gasteiger partial charge in [0, 0.05) is 0 Å². The predicted octanol–water partition coefficient (Wildman–Crippen LogP) is 7.15. The van der Waals surface area contributed by atoms with Crippen LogP contribution in [0.5, 0.6) is 0 Å². The molecule has 0 unspecified atom stereocenters. The van der Waals surface area contributed by atoms with Gasteiger partial charge in [0.05, 0.1) is 0 Å². The van der Waals surface area contributed by atoms with Gasteiger partial charge in [0.1, 0.15) is 0 Å². The second-order valence-corrected chi connectivity index (χ2v) is 88.1. The predicted molar refractivity (Wildman–Crippen MR) is 104 cm³/mol. The van der Waals surface area contributed by atoms with Crippen molar-refractivity contribution in [2.45, 2.75) is 75.6 Å². The van der Waals surface area contributed by atoms with Crippen LogP contribution in [0.1, 0.15) is 71.1 Å². The second-order valence-electron chi connectivity index (χ2n) is 4.55. The molecule has 0 nitrogen and oxygen atoms in total. The molecule has 0 aliphatic carbocycles. The molecule has 0 aliphatic heterocycles. The van der Waals surface area contributed by atoms with Crippen LogP contribution in [0, 0.1) is 0 Å². The standard InChI is InChI=1S/C12H25.3HI.Sn/c1-3-5-7-9-11-12-10-8-6-4-2;;;;/h1,3-12H2,2H3;3*1H;/q;;;;+3/p-3. The number of hydrogen-bond acceptors (Lipinski definition) is 0. The summed E-state index contributed by atoms with van der Waals surface area (Å²) >= 11 is 8.24. The van der Waals surface area contributed by atoms with Gasteiger partial charge < -0.3 is 0 Å². The van der Waals surface area contributed by atoms with Crippen LogP contribution in [-0.4, -0.2) is 6.47 Å². The van der Waals surface area contributed by atoms with Crippen LogP contribution < -0.4 is 0 Å². The fourth-order valence-electron chi connectivity index (χ4n) is 1.81. The Bertz CT molecular complexity index is 146. The summed E-state index contributed by atoms with van der Waals surface area (Å²) < 4.78 is 1.56. The van der Waals surface area contributed by atoms with Crippen LogP contribution in [-0.2, 0) is 0 Å². The molecule has 4 heteroatoms. The Labute approximate surface area is 135 Å². The molecule has 0 aromatic rings. The Balaban J connectivity index is 2.99. The fraction of sp³-hybridized carbons (Fsp3) is 1.00. The molecular formula is C12H25I3Sn. The van der Waals surface area contributed by atoms with E-state index in [2.05, 4.69) is 62.8 Å². The van der Waals surface area contributed by atoms with E-state index in [-0.39, 0.29) is 0 Å². The van der Waals surface area contributed by atoms with Gasteiger partial charge in [0.25, 0.3) is 0 Å². The Morgan fingerprint density at radius 3 is 1.38 bits per heavy atom. The molecule has 0 rings (SSSR count). The monoisotopic (exact) mass is 670 g/mol. The van der Waals surface area contributed by atoms with E-state index in [9.17, 15) is 0 Å². The summed E-state index contributed by atoms with van der Waals surface area (Å²) in [4.78, 5) is 0. The zero-order valence-electron chi connectivity index (χ0n) is 10.4. The van der Waals surface area contributed by atoms with Crippen LogP contribution in [0.2, 0.25) is 4.44 Å². The van der Waals surface area contributed by atoms with Gasteiger partial charge in [-0.2, -0.15) is 0 Å². The number of unbranched alkanes of at least 4 members (excludes halogenated alkanes) is 9. The van der Waals surface area contributed by atoms with Crippen LogP contribution in [0.25, 0.3) is 0 Å². The first-order chi connectivity index (χ1) is 7.56. The van der Waals surface area contributed by atoms with Crippen LogP contribution >= 0.6 is 55.9 Å². The first-order valence-corrected chi connectivity index (χ1v) is 33.6. The van der Waals surface area contributed by atoms with E-state index in [4.69, 9.17) is 0 Å². The summed E-state index contributed by atoms with van der Waals surface area (Å²) in [6.45, 7) is 0.792. The third kappa shape index (κ3) is 17.0. The molecule has 0 heterocycles. The normalized spacial score (nSPS) is 12.0. The first-order valence-electron chi connectivity index (χ1n) is 6.63. The molecule has 16 heavy (non-hydrogen) atoms. The van der Waals surface area contributed by atoms with Gasteiger partial charge >= 0.3 is 138 Å². The van der Waals surface area contributed by atoms with Crippen LogP contribution in [0.15, 0.2) is 0 Å². The molecule has 0 bridgehead atoms. The molecule has 0 N–H and O–H groups in total. The molecule has 0 atom stereocenters. The fourth-order valence-corrected chi connectivity index (χ4v) is 11.3. The molecule has 0 aromatic heterocycles. The van der Waals surface area contributed by atoms with Crippen molar-refractivity contribution in [2.75, 3.05) is 0 Å². The Hall–Kier alpha value is 2.99. The molecule has 0 amide bonds. The Morgan fingerprint density at radius 1 is 0.625 bits per heavy atom. The number of rotatable bonds is 11. The number of halogens is 3. The van der Waals surface area contributed by atoms with Crippen molar-refractivity contribution in [3.8, 4) is 0 Å². The molecule has 0 spiro atoms. The van der Waals surface area contributed by atoms with Crippen molar-refractivity contribution >= 4 is 62.4 Å². The maximum absolute atomic E-state index is 2.75. The van der Waals surface area contributed by atoms with Crippen LogP contribution in [0.3, 0.4) is 0 Å². The second kappa shape index (κ2) is 13.0. The Kier molecular flexibility index (Phi) is 15.4. The zero-order chi connectivity index (χ0) is 12.3. The van der Waals surface area contributed by atoms with Gasteiger partial charge in [0.15, 0.2) is 0 Å². The van der Waals surface area contributed by atoms with Gasteiger partial charge in [-0.3, -0.25) is 0 Å². The van der Waals surface area contributed by atoms with Gasteiger partial charge in [-0.15, -0.1) is 0 Å². The summed E-state index contributed by atoms with van der Waals surface area (Å²) in [5.74, 6) is 0. The van der Waals surface area contributed by atoms with Crippen molar-refractivity contribution in [2.24, 2.45) is 0 Å². The molecule has 0 saturated heterocycles. The van der Waals surface area contributed by atoms with Crippen molar-refractivity contribution in [3.05, 3.63) is 0 Å². The first kappa shape index (κ1) is 19.0. The third-order valence-corrected chi connectivity index (χ3v) is 16.3. The zero-order valence-corrected chi connectivity index (χ0v) is 19.7. The average Bonchev–Trinajstić information content (AvgIpc) is 2.19. The quantitative estimate of drug-likeness (QED) is 0.125. The average molecular weight is 669 g/mol. The molecule has 98 valence electrons. The van der Waals surface area contributed by atoms with Crippen molar-refractivity contribution in [1.82, 2.24) is 0 Å². The minimum atomic E-state index is -1.50. The minimum absolute atomic E-state index is 1.37. The van der Waals surface area contributed by atoms with Gasteiger partial charge in [-0.1, -0.05) is 0 Å². The number of hydrogen-bond donors (Lipinski definition) is 0. The SMILES string of the molecule is CCCCCCCCCCC[CH2][Sn]([I])([I])[I]. The van der Waals surface area contributed by atoms with Gasteiger partial charge in [0.2, 0.25) is 0 Å². The summed E-state index contributed by atoms with van der Waals surface area (Å²) in [5, 5.41) is 0. The molecule has 0 aromatic carbocycles. The summed E-state index contributed by atoms with van der Waals surface area (Å²) in [6.07, 6.45) is 14.7. The maximum atomic E-state index is 2.75. The summed E-state index contributed by atoms with van der Waals surface area (Å²) in [7, 11) is 0. The molecule has 0 fully saturated rings. The van der Waals surface area contributed by atoms with Crippen molar-refractivity contribution in [3.63, 3.8) is 0 Å². The summed E-state index contributed by atoms with van der Waals surface area (Å²) in [6, 6.07) is 0. The summed E-state index contributed by atoms with van der Waals surface area (Å²) in [5.41, 5.74) is 0. The molecule has 0 radical (unpaired) electrons. The van der Waals surface area contributed by atoms with E-state index in [0.29, 0.717) is 0 Å². The molecular weight excluding hydrogens is 644 g/mol. The van der Waals surface area contributed by atoms with E-state index >= 15 is 0 Å². The molecule has 0 aliphatic rings. The van der Waals surface area contributed by atoms with Crippen LogP contribution in [0.4, 0.5) is 0 Å². The van der Waals surface area contributed by atoms with E-state index < -0.39 is 6.47 Å². The van der Waals surface area contributed by atoms with Crippen molar-refractivity contribution in [1.29, 1.82) is 0 Å². The topological polar surface area (TPSA) is 0 Å². The van der Waals surface area contributed by atoms with E-state index in [1.807, 2.05) is 0 Å². The van der Waals surface area contributed by atoms with Crippen molar-refractivity contribution < 1.29 is 0 Å². The van der Waals surface area contributed by atoms with Gasteiger partial charge in [-0.05, 0) is 0 Å². The van der Waals surface area contributed by atoms with E-state index in [1.54, 1.807) is 4.44 Å². The third-order valence-electron chi connectivity index (χ3n) is 2.81. The Morgan fingerprint density at radius 2 is 1.00 bits per heavy atom.